The van der Waals surface area contributed by atoms with Crippen LogP contribution in [0.5, 0.6) is 5.75 Å². The number of thiazole rings is 2. The van der Waals surface area contributed by atoms with Crippen LogP contribution in [0.1, 0.15) is 10.7 Å². The minimum absolute atomic E-state index is 0.264. The zero-order valence-electron chi connectivity index (χ0n) is 10.5. The fourth-order valence-corrected chi connectivity index (χ4v) is 3.72. The predicted molar refractivity (Wildman–Crippen MR) is 79.8 cm³/mol. The molecule has 0 amide bonds. The number of rotatable bonds is 2. The number of hydrogen-bond donors (Lipinski definition) is 1. The molecule has 19 heavy (non-hydrogen) atoms. The lowest BCUT2D eigenvalue weighted by Crippen LogP contribution is -1.80. The van der Waals surface area contributed by atoms with Crippen LogP contribution in [-0.4, -0.2) is 15.1 Å². The van der Waals surface area contributed by atoms with Gasteiger partial charge in [-0.05, 0) is 26.0 Å². The number of aryl methyl sites for hydroxylation is 2. The summed E-state index contributed by atoms with van der Waals surface area (Å²) in [6, 6.07) is 7.27. The first-order valence-corrected chi connectivity index (χ1v) is 7.53. The highest BCUT2D eigenvalue weighted by atomic mass is 32.1. The highest BCUT2D eigenvalue weighted by Crippen LogP contribution is 2.36. The van der Waals surface area contributed by atoms with Gasteiger partial charge < -0.3 is 5.11 Å². The van der Waals surface area contributed by atoms with E-state index < -0.39 is 0 Å². The van der Waals surface area contributed by atoms with Crippen LogP contribution in [0.2, 0.25) is 0 Å². The third kappa shape index (κ3) is 2.27. The molecule has 0 aliphatic carbocycles. The first-order chi connectivity index (χ1) is 9.15. The zero-order valence-corrected chi connectivity index (χ0v) is 12.2. The lowest BCUT2D eigenvalue weighted by atomic mass is 10.2. The molecule has 0 spiro atoms. The van der Waals surface area contributed by atoms with Crippen LogP contribution in [0.3, 0.4) is 0 Å². The largest absolute Gasteiger partial charge is 0.507 e. The molecule has 3 rings (SSSR count). The Labute approximate surface area is 119 Å². The highest BCUT2D eigenvalue weighted by Gasteiger charge is 2.13. The van der Waals surface area contributed by atoms with E-state index in [1.807, 2.05) is 37.4 Å². The molecular weight excluding hydrogens is 276 g/mol. The summed E-state index contributed by atoms with van der Waals surface area (Å²) in [5, 5.41) is 13.8. The molecule has 96 valence electrons. The third-order valence-corrected chi connectivity index (χ3v) is 4.75. The van der Waals surface area contributed by atoms with Crippen LogP contribution >= 0.6 is 22.7 Å². The minimum atomic E-state index is 0.264. The SMILES string of the molecule is Cc1nc(C)c(-c2csc(-c3ccccc3O)n2)s1. The monoisotopic (exact) mass is 288 g/mol. The smallest absolute Gasteiger partial charge is 0.127 e. The molecule has 0 radical (unpaired) electrons. The molecule has 1 aromatic carbocycles. The Hall–Kier alpha value is -1.72. The molecule has 1 N–H and O–H groups in total. The predicted octanol–water partition coefficient (Wildman–Crippen LogP) is 4.26. The van der Waals surface area contributed by atoms with E-state index >= 15 is 0 Å². The van der Waals surface area contributed by atoms with E-state index in [1.54, 1.807) is 17.4 Å². The van der Waals surface area contributed by atoms with Crippen molar-refractivity contribution in [2.75, 3.05) is 0 Å². The minimum Gasteiger partial charge on any atom is -0.507 e. The molecule has 0 atom stereocenters. The number of aromatic hydroxyl groups is 1. The van der Waals surface area contributed by atoms with E-state index in [2.05, 4.69) is 9.97 Å². The Balaban J connectivity index is 2.05. The molecule has 0 bridgehead atoms. The molecule has 3 nitrogen and oxygen atoms in total. The van der Waals surface area contributed by atoms with Crippen molar-refractivity contribution in [2.45, 2.75) is 13.8 Å². The van der Waals surface area contributed by atoms with Gasteiger partial charge in [0.25, 0.3) is 0 Å². The lowest BCUT2D eigenvalue weighted by Gasteiger charge is -1.98. The molecule has 5 heteroatoms. The van der Waals surface area contributed by atoms with Gasteiger partial charge in [-0.1, -0.05) is 12.1 Å². The second-order valence-electron chi connectivity index (χ2n) is 4.20. The van der Waals surface area contributed by atoms with Crippen LogP contribution in [0.15, 0.2) is 29.6 Å². The van der Waals surface area contributed by atoms with E-state index in [0.717, 1.165) is 31.8 Å². The van der Waals surface area contributed by atoms with E-state index in [9.17, 15) is 5.11 Å². The van der Waals surface area contributed by atoms with Gasteiger partial charge in [0.1, 0.15) is 10.8 Å². The normalized spacial score (nSPS) is 10.8. The van der Waals surface area contributed by atoms with Crippen molar-refractivity contribution in [1.29, 1.82) is 0 Å². The average molecular weight is 288 g/mol. The topological polar surface area (TPSA) is 46.0 Å². The summed E-state index contributed by atoms with van der Waals surface area (Å²) in [6.07, 6.45) is 0. The summed E-state index contributed by atoms with van der Waals surface area (Å²) in [7, 11) is 0. The maximum Gasteiger partial charge on any atom is 0.127 e. The Kier molecular flexibility index (Phi) is 3.08. The standard InChI is InChI=1S/C14H12N2OS2/c1-8-13(19-9(2)15-8)11-7-18-14(16-11)10-5-3-4-6-12(10)17/h3-7,17H,1-2H3. The summed E-state index contributed by atoms with van der Waals surface area (Å²) >= 11 is 3.19. The van der Waals surface area contributed by atoms with E-state index in [0.29, 0.717) is 0 Å². The van der Waals surface area contributed by atoms with Crippen molar-refractivity contribution in [3.05, 3.63) is 40.3 Å². The van der Waals surface area contributed by atoms with Crippen molar-refractivity contribution < 1.29 is 5.11 Å². The molecule has 0 aliphatic rings. The Bertz CT molecular complexity index is 731. The number of aromatic nitrogens is 2. The lowest BCUT2D eigenvalue weighted by molar-refractivity contribution is 0.477. The summed E-state index contributed by atoms with van der Waals surface area (Å²) in [4.78, 5) is 10.1. The van der Waals surface area contributed by atoms with Gasteiger partial charge in [0.15, 0.2) is 0 Å². The summed E-state index contributed by atoms with van der Waals surface area (Å²) in [5.74, 6) is 0.264. The third-order valence-electron chi connectivity index (χ3n) is 2.77. The van der Waals surface area contributed by atoms with Crippen LogP contribution in [0.25, 0.3) is 21.1 Å². The van der Waals surface area contributed by atoms with Gasteiger partial charge in [-0.15, -0.1) is 22.7 Å². The number of para-hydroxylation sites is 1. The van der Waals surface area contributed by atoms with E-state index in [-0.39, 0.29) is 5.75 Å². The van der Waals surface area contributed by atoms with Crippen molar-refractivity contribution >= 4 is 22.7 Å². The Morgan fingerprint density at radius 1 is 1.11 bits per heavy atom. The van der Waals surface area contributed by atoms with Gasteiger partial charge in [0.05, 0.1) is 26.8 Å². The second kappa shape index (κ2) is 4.75. The Morgan fingerprint density at radius 3 is 2.58 bits per heavy atom. The fraction of sp³-hybridized carbons (Fsp3) is 0.143. The molecule has 0 saturated carbocycles. The van der Waals surface area contributed by atoms with E-state index in [4.69, 9.17) is 0 Å². The summed E-state index contributed by atoms with van der Waals surface area (Å²) in [5.41, 5.74) is 2.72. The van der Waals surface area contributed by atoms with Crippen LogP contribution in [-0.2, 0) is 0 Å². The van der Waals surface area contributed by atoms with Crippen molar-refractivity contribution in [3.8, 4) is 26.9 Å². The maximum absolute atomic E-state index is 9.86. The van der Waals surface area contributed by atoms with Gasteiger partial charge in [-0.3, -0.25) is 0 Å². The first kappa shape index (κ1) is 12.3. The number of phenolic OH excluding ortho intramolecular Hbond substituents is 1. The molecular formula is C14H12N2OS2. The quantitative estimate of drug-likeness (QED) is 0.766. The van der Waals surface area contributed by atoms with Crippen LogP contribution < -0.4 is 0 Å². The van der Waals surface area contributed by atoms with Crippen molar-refractivity contribution in [2.24, 2.45) is 0 Å². The molecule has 0 fully saturated rings. The maximum atomic E-state index is 9.86. The van der Waals surface area contributed by atoms with Crippen molar-refractivity contribution in [1.82, 2.24) is 9.97 Å². The van der Waals surface area contributed by atoms with Crippen molar-refractivity contribution in [3.63, 3.8) is 0 Å². The fourth-order valence-electron chi connectivity index (χ4n) is 1.93. The first-order valence-electron chi connectivity index (χ1n) is 5.83. The van der Waals surface area contributed by atoms with Gasteiger partial charge in [-0.25, -0.2) is 9.97 Å². The molecule has 0 unspecified atom stereocenters. The van der Waals surface area contributed by atoms with Gasteiger partial charge in [-0.2, -0.15) is 0 Å². The zero-order chi connectivity index (χ0) is 13.4. The highest BCUT2D eigenvalue weighted by molar-refractivity contribution is 7.16. The van der Waals surface area contributed by atoms with Crippen LogP contribution in [0, 0.1) is 13.8 Å². The Morgan fingerprint density at radius 2 is 1.89 bits per heavy atom. The van der Waals surface area contributed by atoms with E-state index in [1.165, 1.54) is 11.3 Å². The number of hydrogen-bond acceptors (Lipinski definition) is 5. The molecule has 2 aromatic heterocycles. The second-order valence-corrected chi connectivity index (χ2v) is 6.26. The summed E-state index contributed by atoms with van der Waals surface area (Å²) < 4.78 is 0. The van der Waals surface area contributed by atoms with Gasteiger partial charge in [0.2, 0.25) is 0 Å². The molecule has 0 aliphatic heterocycles. The molecule has 2 heterocycles. The average Bonchev–Trinajstić information content (AvgIpc) is 2.96. The number of nitrogens with zero attached hydrogens (tertiary/aromatic N) is 2. The number of benzene rings is 1. The molecule has 3 aromatic rings. The van der Waals surface area contributed by atoms with Gasteiger partial charge in [0, 0.05) is 5.38 Å². The summed E-state index contributed by atoms with van der Waals surface area (Å²) in [6.45, 7) is 4.00. The van der Waals surface area contributed by atoms with Crippen LogP contribution in [0.4, 0.5) is 0 Å². The van der Waals surface area contributed by atoms with Gasteiger partial charge >= 0.3 is 0 Å². The molecule has 0 saturated heterocycles. The number of phenols is 1.